The topological polar surface area (TPSA) is 58.4 Å². The van der Waals surface area contributed by atoms with Gasteiger partial charge >= 0.3 is 0 Å². The maximum absolute atomic E-state index is 11.6. The van der Waals surface area contributed by atoms with Crippen LogP contribution in [0.25, 0.3) is 5.65 Å². The molecule has 1 amide bonds. The number of pyridine rings is 1. The minimum absolute atomic E-state index is 0.0800. The van der Waals surface area contributed by atoms with Gasteiger partial charge in [0, 0.05) is 25.5 Å². The lowest BCUT2D eigenvalue weighted by Gasteiger charge is -2.22. The van der Waals surface area contributed by atoms with Crippen LogP contribution in [0.2, 0.25) is 0 Å². The molecule has 1 unspecified atom stereocenters. The number of fused-ring (bicyclic) bond motifs is 1. The lowest BCUT2D eigenvalue weighted by Crippen LogP contribution is -2.47. The second-order valence-corrected chi connectivity index (χ2v) is 4.57. The van der Waals surface area contributed by atoms with Crippen molar-refractivity contribution in [2.45, 2.75) is 25.4 Å². The van der Waals surface area contributed by atoms with Crippen LogP contribution in [0.5, 0.6) is 0 Å². The highest BCUT2D eigenvalue weighted by Gasteiger charge is 2.21. The molecule has 5 nitrogen and oxygen atoms in total. The number of aromatic nitrogens is 2. The summed E-state index contributed by atoms with van der Waals surface area (Å²) in [5.41, 5.74) is 1.89. The minimum atomic E-state index is -0.0800. The van der Waals surface area contributed by atoms with E-state index in [1.54, 1.807) is 0 Å². The number of amides is 1. The van der Waals surface area contributed by atoms with Crippen molar-refractivity contribution < 1.29 is 4.79 Å². The zero-order chi connectivity index (χ0) is 12.4. The molecule has 1 atom stereocenters. The molecule has 0 spiro atoms. The van der Waals surface area contributed by atoms with Crippen molar-refractivity contribution >= 4 is 11.6 Å². The van der Waals surface area contributed by atoms with Crippen molar-refractivity contribution in [3.63, 3.8) is 0 Å². The van der Waals surface area contributed by atoms with Crippen molar-refractivity contribution in [1.82, 2.24) is 20.0 Å². The summed E-state index contributed by atoms with van der Waals surface area (Å²) in [6.45, 7) is 1.42. The van der Waals surface area contributed by atoms with E-state index < -0.39 is 0 Å². The third-order valence-corrected chi connectivity index (χ3v) is 3.23. The molecule has 0 aliphatic carbocycles. The molecule has 0 radical (unpaired) electrons. The Hall–Kier alpha value is -1.88. The maximum Gasteiger partial charge on any atom is 0.237 e. The van der Waals surface area contributed by atoms with Crippen molar-refractivity contribution in [1.29, 1.82) is 0 Å². The second-order valence-electron chi connectivity index (χ2n) is 4.57. The van der Waals surface area contributed by atoms with E-state index in [9.17, 15) is 4.79 Å². The van der Waals surface area contributed by atoms with E-state index in [1.165, 1.54) is 0 Å². The number of hydrogen-bond acceptors (Lipinski definition) is 3. The number of nitrogens with zero attached hydrogens (tertiary/aromatic N) is 2. The number of imidazole rings is 1. The molecule has 0 saturated carbocycles. The van der Waals surface area contributed by atoms with Crippen LogP contribution >= 0.6 is 0 Å². The first-order chi connectivity index (χ1) is 8.83. The number of carbonyl (C=O) groups excluding carboxylic acids is 1. The van der Waals surface area contributed by atoms with E-state index in [0.29, 0.717) is 6.54 Å². The van der Waals surface area contributed by atoms with Gasteiger partial charge in [-0.2, -0.15) is 0 Å². The summed E-state index contributed by atoms with van der Waals surface area (Å²) >= 11 is 0. The molecule has 0 bridgehead atoms. The zero-order valence-electron chi connectivity index (χ0n) is 10.1. The third-order valence-electron chi connectivity index (χ3n) is 3.23. The van der Waals surface area contributed by atoms with Crippen LogP contribution in [0.4, 0.5) is 0 Å². The molecule has 1 aliphatic rings. The number of nitrogens with one attached hydrogen (secondary N) is 2. The Morgan fingerprint density at radius 2 is 2.44 bits per heavy atom. The van der Waals surface area contributed by atoms with Crippen LogP contribution in [-0.4, -0.2) is 27.9 Å². The smallest absolute Gasteiger partial charge is 0.237 e. The largest absolute Gasteiger partial charge is 0.355 e. The summed E-state index contributed by atoms with van der Waals surface area (Å²) in [5, 5.41) is 6.13. The van der Waals surface area contributed by atoms with E-state index in [-0.39, 0.29) is 11.9 Å². The van der Waals surface area contributed by atoms with Crippen molar-refractivity contribution in [2.24, 2.45) is 0 Å². The molecule has 18 heavy (non-hydrogen) atoms. The standard InChI is InChI=1S/C13H16N4O/c18-13-11(4-3-6-14-13)15-8-10-9-17-7-2-1-5-12(17)16-10/h1-2,5,7,9,11,15H,3-4,6,8H2,(H,14,18). The fraction of sp³-hybridized carbons (Fsp3) is 0.385. The zero-order valence-corrected chi connectivity index (χ0v) is 10.1. The van der Waals surface area contributed by atoms with Gasteiger partial charge in [0.25, 0.3) is 0 Å². The van der Waals surface area contributed by atoms with Gasteiger partial charge in [0.2, 0.25) is 5.91 Å². The highest BCUT2D eigenvalue weighted by Crippen LogP contribution is 2.07. The van der Waals surface area contributed by atoms with Crippen LogP contribution in [0.3, 0.4) is 0 Å². The first-order valence-electron chi connectivity index (χ1n) is 6.26. The molecule has 2 aromatic rings. The average molecular weight is 244 g/mol. The van der Waals surface area contributed by atoms with Gasteiger partial charge in [-0.05, 0) is 25.0 Å². The summed E-state index contributed by atoms with van der Waals surface area (Å²) in [7, 11) is 0. The van der Waals surface area contributed by atoms with Crippen molar-refractivity contribution in [3.05, 3.63) is 36.3 Å². The van der Waals surface area contributed by atoms with E-state index in [0.717, 1.165) is 30.7 Å². The molecule has 5 heteroatoms. The van der Waals surface area contributed by atoms with E-state index in [4.69, 9.17) is 0 Å². The maximum atomic E-state index is 11.6. The van der Waals surface area contributed by atoms with Gasteiger partial charge in [-0.25, -0.2) is 4.98 Å². The SMILES string of the molecule is O=C1NCCCC1NCc1cn2ccccc2n1. The summed E-state index contributed by atoms with van der Waals surface area (Å²) < 4.78 is 1.98. The molecular weight excluding hydrogens is 228 g/mol. The molecule has 3 heterocycles. The van der Waals surface area contributed by atoms with E-state index in [1.807, 2.05) is 35.0 Å². The molecule has 3 rings (SSSR count). The van der Waals surface area contributed by atoms with Crippen LogP contribution < -0.4 is 10.6 Å². The highest BCUT2D eigenvalue weighted by molar-refractivity contribution is 5.82. The molecule has 1 saturated heterocycles. The molecule has 2 aromatic heterocycles. The fourth-order valence-corrected chi connectivity index (χ4v) is 2.27. The average Bonchev–Trinajstić information content (AvgIpc) is 2.80. The van der Waals surface area contributed by atoms with Gasteiger partial charge in [-0.15, -0.1) is 0 Å². The van der Waals surface area contributed by atoms with Crippen molar-refractivity contribution in [3.8, 4) is 0 Å². The van der Waals surface area contributed by atoms with Gasteiger partial charge < -0.3 is 15.0 Å². The van der Waals surface area contributed by atoms with E-state index in [2.05, 4.69) is 15.6 Å². The van der Waals surface area contributed by atoms with Crippen LogP contribution in [0.1, 0.15) is 18.5 Å². The molecule has 94 valence electrons. The third kappa shape index (κ3) is 2.22. The predicted octanol–water partition coefficient (Wildman–Crippen LogP) is 0.702. The van der Waals surface area contributed by atoms with E-state index >= 15 is 0 Å². The number of piperidine rings is 1. The van der Waals surface area contributed by atoms with Gasteiger partial charge in [-0.1, -0.05) is 6.07 Å². The highest BCUT2D eigenvalue weighted by atomic mass is 16.2. The van der Waals surface area contributed by atoms with Crippen LogP contribution in [0, 0.1) is 0 Å². The predicted molar refractivity (Wildman–Crippen MR) is 68.1 cm³/mol. The molecule has 1 fully saturated rings. The molecule has 0 aromatic carbocycles. The lowest BCUT2D eigenvalue weighted by atomic mass is 10.1. The number of rotatable bonds is 3. The first kappa shape index (κ1) is 11.2. The summed E-state index contributed by atoms with van der Waals surface area (Å²) in [4.78, 5) is 16.1. The van der Waals surface area contributed by atoms with Gasteiger partial charge in [-0.3, -0.25) is 4.79 Å². The van der Waals surface area contributed by atoms with Gasteiger partial charge in [0.15, 0.2) is 0 Å². The Morgan fingerprint density at radius 3 is 3.28 bits per heavy atom. The Kier molecular flexibility index (Phi) is 2.98. The number of carbonyl (C=O) groups is 1. The van der Waals surface area contributed by atoms with Crippen molar-refractivity contribution in [2.75, 3.05) is 6.54 Å². The monoisotopic (exact) mass is 244 g/mol. The molecular formula is C13H16N4O. The summed E-state index contributed by atoms with van der Waals surface area (Å²) in [6.07, 6.45) is 5.90. The Bertz CT molecular complexity index is 530. The van der Waals surface area contributed by atoms with Gasteiger partial charge in [0.05, 0.1) is 11.7 Å². The molecule has 2 N–H and O–H groups in total. The Labute approximate surface area is 105 Å². The minimum Gasteiger partial charge on any atom is -0.355 e. The lowest BCUT2D eigenvalue weighted by molar-refractivity contribution is -0.124. The van der Waals surface area contributed by atoms with Gasteiger partial charge in [0.1, 0.15) is 5.65 Å². The van der Waals surface area contributed by atoms with Crippen LogP contribution in [0.15, 0.2) is 30.6 Å². The second kappa shape index (κ2) is 4.78. The quantitative estimate of drug-likeness (QED) is 0.835. The Balaban J connectivity index is 1.67. The normalized spacial score (nSPS) is 20.0. The fourth-order valence-electron chi connectivity index (χ4n) is 2.27. The summed E-state index contributed by atoms with van der Waals surface area (Å²) in [5.74, 6) is 0.102. The summed E-state index contributed by atoms with van der Waals surface area (Å²) in [6, 6.07) is 5.83. The Morgan fingerprint density at radius 1 is 1.50 bits per heavy atom. The van der Waals surface area contributed by atoms with Crippen LogP contribution in [-0.2, 0) is 11.3 Å². The number of hydrogen-bond donors (Lipinski definition) is 2. The molecule has 1 aliphatic heterocycles. The first-order valence-corrected chi connectivity index (χ1v) is 6.26.